The van der Waals surface area contributed by atoms with Crippen LogP contribution in [0.3, 0.4) is 0 Å². The van der Waals surface area contributed by atoms with Crippen molar-refractivity contribution in [2.24, 2.45) is 7.05 Å². The number of rotatable bonds is 4. The van der Waals surface area contributed by atoms with Crippen molar-refractivity contribution in [3.05, 3.63) is 82.2 Å². The highest BCUT2D eigenvalue weighted by Crippen LogP contribution is 2.32. The zero-order valence-electron chi connectivity index (χ0n) is 17.7. The SMILES string of the molecule is Cn1c(=O)c2ccccc2n2c(CSc3nc4c(n3-c3ccccc3)CCCC4)nnc12. The molecule has 0 bridgehead atoms. The molecule has 32 heavy (non-hydrogen) atoms. The number of aryl methyl sites for hydroxylation is 2. The molecule has 0 fully saturated rings. The van der Waals surface area contributed by atoms with Crippen molar-refractivity contribution >= 4 is 28.4 Å². The summed E-state index contributed by atoms with van der Waals surface area (Å²) in [4.78, 5) is 17.7. The molecule has 7 nitrogen and oxygen atoms in total. The van der Waals surface area contributed by atoms with Gasteiger partial charge < -0.3 is 0 Å². The molecule has 1 aliphatic rings. The molecule has 0 amide bonds. The van der Waals surface area contributed by atoms with Gasteiger partial charge in [0.1, 0.15) is 5.82 Å². The number of para-hydroxylation sites is 2. The standard InChI is InChI=1S/C24H22N6OS/c1-28-22(31)17-11-5-7-13-19(17)30-21(26-27-23(28)30)15-32-24-25-18-12-6-8-14-20(18)29(24)16-9-3-2-4-10-16/h2-5,7,9-11,13H,6,8,12,14-15H2,1H3. The van der Waals surface area contributed by atoms with Crippen LogP contribution < -0.4 is 5.56 Å². The van der Waals surface area contributed by atoms with Gasteiger partial charge >= 0.3 is 0 Å². The first-order chi connectivity index (χ1) is 15.7. The van der Waals surface area contributed by atoms with Gasteiger partial charge in [0.15, 0.2) is 5.16 Å². The number of hydrogen-bond donors (Lipinski definition) is 0. The van der Waals surface area contributed by atoms with E-state index in [4.69, 9.17) is 4.98 Å². The van der Waals surface area contributed by atoms with E-state index >= 15 is 0 Å². The Morgan fingerprint density at radius 2 is 1.75 bits per heavy atom. The molecule has 0 saturated carbocycles. The summed E-state index contributed by atoms with van der Waals surface area (Å²) in [5.74, 6) is 1.96. The lowest BCUT2D eigenvalue weighted by Gasteiger charge is -2.15. The van der Waals surface area contributed by atoms with Crippen molar-refractivity contribution in [2.45, 2.75) is 36.6 Å². The minimum atomic E-state index is -0.0630. The quantitative estimate of drug-likeness (QED) is 0.394. The van der Waals surface area contributed by atoms with E-state index < -0.39 is 0 Å². The van der Waals surface area contributed by atoms with Crippen molar-refractivity contribution in [3.63, 3.8) is 0 Å². The molecule has 0 spiro atoms. The van der Waals surface area contributed by atoms with E-state index in [-0.39, 0.29) is 5.56 Å². The van der Waals surface area contributed by atoms with Crippen molar-refractivity contribution in [3.8, 4) is 5.69 Å². The van der Waals surface area contributed by atoms with E-state index in [9.17, 15) is 4.79 Å². The van der Waals surface area contributed by atoms with Crippen molar-refractivity contribution in [2.75, 3.05) is 0 Å². The maximum atomic E-state index is 12.7. The van der Waals surface area contributed by atoms with Crippen LogP contribution in [0.1, 0.15) is 30.1 Å². The second-order valence-electron chi connectivity index (χ2n) is 8.09. The van der Waals surface area contributed by atoms with Crippen molar-refractivity contribution in [1.29, 1.82) is 0 Å². The first kappa shape index (κ1) is 19.3. The maximum Gasteiger partial charge on any atom is 0.262 e. The summed E-state index contributed by atoms with van der Waals surface area (Å²) in [6.07, 6.45) is 4.48. The van der Waals surface area contributed by atoms with Crippen LogP contribution in [0.4, 0.5) is 0 Å². The number of thioether (sulfide) groups is 1. The predicted octanol–water partition coefficient (Wildman–Crippen LogP) is 3.94. The zero-order valence-corrected chi connectivity index (χ0v) is 18.5. The molecule has 0 N–H and O–H groups in total. The predicted molar refractivity (Wildman–Crippen MR) is 126 cm³/mol. The first-order valence-corrected chi connectivity index (χ1v) is 11.8. The average molecular weight is 443 g/mol. The molecule has 1 aliphatic carbocycles. The largest absolute Gasteiger partial charge is 0.292 e. The third-order valence-corrected chi connectivity index (χ3v) is 7.07. The summed E-state index contributed by atoms with van der Waals surface area (Å²) in [5, 5.41) is 10.4. The minimum Gasteiger partial charge on any atom is -0.292 e. The fourth-order valence-electron chi connectivity index (χ4n) is 4.57. The summed E-state index contributed by atoms with van der Waals surface area (Å²) in [6, 6.07) is 18.1. The van der Waals surface area contributed by atoms with Gasteiger partial charge in [-0.2, -0.15) is 0 Å². The molecule has 3 aromatic heterocycles. The topological polar surface area (TPSA) is 70.0 Å². The Morgan fingerprint density at radius 1 is 0.969 bits per heavy atom. The Balaban J connectivity index is 1.44. The average Bonchev–Trinajstić information content (AvgIpc) is 3.43. The Bertz CT molecular complexity index is 1510. The summed E-state index contributed by atoms with van der Waals surface area (Å²) in [7, 11) is 1.74. The van der Waals surface area contributed by atoms with Crippen LogP contribution in [0, 0.1) is 0 Å². The van der Waals surface area contributed by atoms with Gasteiger partial charge in [-0.15, -0.1) is 10.2 Å². The molecule has 0 aliphatic heterocycles. The van der Waals surface area contributed by atoms with Crippen LogP contribution in [0.15, 0.2) is 64.5 Å². The van der Waals surface area contributed by atoms with Crippen LogP contribution in [0.2, 0.25) is 0 Å². The third kappa shape index (κ3) is 2.97. The number of nitrogens with zero attached hydrogens (tertiary/aromatic N) is 6. The fourth-order valence-corrected chi connectivity index (χ4v) is 5.53. The lowest BCUT2D eigenvalue weighted by atomic mass is 10.0. The van der Waals surface area contributed by atoms with E-state index in [0.717, 1.165) is 35.0 Å². The van der Waals surface area contributed by atoms with Gasteiger partial charge in [-0.1, -0.05) is 42.1 Å². The van der Waals surface area contributed by atoms with E-state index in [2.05, 4.69) is 39.0 Å². The summed E-state index contributed by atoms with van der Waals surface area (Å²) in [6.45, 7) is 0. The van der Waals surface area contributed by atoms with E-state index in [1.165, 1.54) is 24.2 Å². The molecule has 0 radical (unpaired) electrons. The van der Waals surface area contributed by atoms with Gasteiger partial charge in [0.05, 0.1) is 22.3 Å². The van der Waals surface area contributed by atoms with Gasteiger partial charge in [0, 0.05) is 18.4 Å². The molecule has 6 rings (SSSR count). The lowest BCUT2D eigenvalue weighted by molar-refractivity contribution is 0.654. The number of benzene rings is 2. The van der Waals surface area contributed by atoms with E-state index in [0.29, 0.717) is 16.9 Å². The fraction of sp³-hybridized carbons (Fsp3) is 0.250. The molecule has 5 aromatic rings. The Hall–Kier alpha value is -3.39. The molecule has 2 aromatic carbocycles. The second-order valence-corrected chi connectivity index (χ2v) is 9.03. The highest BCUT2D eigenvalue weighted by molar-refractivity contribution is 7.98. The van der Waals surface area contributed by atoms with Crippen LogP contribution in [-0.4, -0.2) is 28.7 Å². The molecular formula is C24H22N6OS. The molecule has 0 unspecified atom stereocenters. The number of hydrogen-bond acceptors (Lipinski definition) is 5. The Labute approximate surface area is 188 Å². The molecule has 160 valence electrons. The van der Waals surface area contributed by atoms with E-state index in [1.54, 1.807) is 23.4 Å². The second kappa shape index (κ2) is 7.63. The summed E-state index contributed by atoms with van der Waals surface area (Å²) in [5.41, 5.74) is 4.44. The van der Waals surface area contributed by atoms with Crippen molar-refractivity contribution < 1.29 is 0 Å². The van der Waals surface area contributed by atoms with Gasteiger partial charge in [-0.3, -0.25) is 18.3 Å². The molecule has 8 heteroatoms. The smallest absolute Gasteiger partial charge is 0.262 e. The van der Waals surface area contributed by atoms with Gasteiger partial charge in [0.25, 0.3) is 5.56 Å². The van der Waals surface area contributed by atoms with Crippen LogP contribution in [0.5, 0.6) is 0 Å². The number of fused-ring (bicyclic) bond motifs is 4. The van der Waals surface area contributed by atoms with Gasteiger partial charge in [0.2, 0.25) is 5.78 Å². The normalized spacial score (nSPS) is 13.7. The highest BCUT2D eigenvalue weighted by Gasteiger charge is 2.22. The molecule has 0 atom stereocenters. The number of imidazole rings is 1. The number of aromatic nitrogens is 6. The minimum absolute atomic E-state index is 0.0630. The summed E-state index contributed by atoms with van der Waals surface area (Å²) >= 11 is 1.67. The highest BCUT2D eigenvalue weighted by atomic mass is 32.2. The lowest BCUT2D eigenvalue weighted by Crippen LogP contribution is -2.20. The zero-order chi connectivity index (χ0) is 21.7. The monoisotopic (exact) mass is 442 g/mol. The van der Waals surface area contributed by atoms with Crippen molar-refractivity contribution in [1.82, 2.24) is 28.7 Å². The Morgan fingerprint density at radius 3 is 2.62 bits per heavy atom. The first-order valence-electron chi connectivity index (χ1n) is 10.8. The van der Waals surface area contributed by atoms with Crippen LogP contribution in [-0.2, 0) is 25.6 Å². The van der Waals surface area contributed by atoms with Crippen LogP contribution in [0.25, 0.3) is 22.4 Å². The van der Waals surface area contributed by atoms with E-state index in [1.807, 2.05) is 34.7 Å². The molecule has 3 heterocycles. The van der Waals surface area contributed by atoms with Crippen LogP contribution >= 0.6 is 11.8 Å². The summed E-state index contributed by atoms with van der Waals surface area (Å²) < 4.78 is 5.85. The maximum absolute atomic E-state index is 12.7. The van der Waals surface area contributed by atoms with Gasteiger partial charge in [-0.25, -0.2) is 4.98 Å². The Kier molecular flexibility index (Phi) is 4.61. The molecular weight excluding hydrogens is 420 g/mol. The van der Waals surface area contributed by atoms with Gasteiger partial charge in [-0.05, 0) is 49.9 Å². The third-order valence-electron chi connectivity index (χ3n) is 6.14. The molecule has 0 saturated heterocycles.